The van der Waals surface area contributed by atoms with E-state index in [9.17, 15) is 31.1 Å². The number of pyridine rings is 1. The summed E-state index contributed by atoms with van der Waals surface area (Å²) in [6.45, 7) is 1.29. The van der Waals surface area contributed by atoms with Crippen LogP contribution in [0.5, 0.6) is 5.75 Å². The summed E-state index contributed by atoms with van der Waals surface area (Å²) in [6.07, 6.45) is -10.5. The second-order valence-corrected chi connectivity index (χ2v) is 4.46. The fraction of sp³-hybridized carbons (Fsp3) is 0.400. The van der Waals surface area contributed by atoms with E-state index in [4.69, 9.17) is 0 Å². The second-order valence-electron chi connectivity index (χ2n) is 3.44. The Morgan fingerprint density at radius 1 is 1.29 bits per heavy atom. The minimum absolute atomic E-state index is 0.126. The summed E-state index contributed by atoms with van der Waals surface area (Å²) in [5.41, 5.74) is -2.52. The zero-order valence-corrected chi connectivity index (χ0v) is 12.3. The molecule has 0 saturated carbocycles. The van der Waals surface area contributed by atoms with Gasteiger partial charge in [-0.2, -0.15) is 13.2 Å². The van der Waals surface area contributed by atoms with Gasteiger partial charge in [0.15, 0.2) is 11.4 Å². The summed E-state index contributed by atoms with van der Waals surface area (Å²) in [4.78, 5) is 14.7. The Kier molecular flexibility index (Phi) is 5.28. The van der Waals surface area contributed by atoms with Crippen molar-refractivity contribution in [2.45, 2.75) is 19.5 Å². The number of carbonyl (C=O) groups is 1. The van der Waals surface area contributed by atoms with Crippen LogP contribution in [0.25, 0.3) is 0 Å². The number of esters is 1. The van der Waals surface area contributed by atoms with Crippen molar-refractivity contribution in [1.29, 1.82) is 0 Å². The molecule has 0 aromatic carbocycles. The SMILES string of the molecule is CCOC(=O)c1cc(C(F)(F)F)c(OC(F)(F)F)c(I)n1. The maximum absolute atomic E-state index is 12.8. The smallest absolute Gasteiger partial charge is 0.461 e. The second kappa shape index (κ2) is 6.23. The van der Waals surface area contributed by atoms with Crippen LogP contribution in [0.4, 0.5) is 26.3 Å². The first-order valence-corrected chi connectivity index (χ1v) is 6.24. The number of rotatable bonds is 3. The number of hydrogen-bond acceptors (Lipinski definition) is 4. The van der Waals surface area contributed by atoms with Gasteiger partial charge in [-0.3, -0.25) is 0 Å². The van der Waals surface area contributed by atoms with Crippen molar-refractivity contribution >= 4 is 28.6 Å². The molecule has 0 amide bonds. The lowest BCUT2D eigenvalue weighted by atomic mass is 10.2. The van der Waals surface area contributed by atoms with E-state index in [0.717, 1.165) is 22.6 Å². The average Bonchev–Trinajstić information content (AvgIpc) is 2.28. The van der Waals surface area contributed by atoms with Gasteiger partial charge in [0, 0.05) is 0 Å². The molecule has 21 heavy (non-hydrogen) atoms. The van der Waals surface area contributed by atoms with Crippen LogP contribution in [0.1, 0.15) is 23.0 Å². The number of nitrogens with zero attached hydrogens (tertiary/aromatic N) is 1. The van der Waals surface area contributed by atoms with E-state index in [2.05, 4.69) is 14.5 Å². The molecule has 118 valence electrons. The van der Waals surface area contributed by atoms with Gasteiger partial charge in [-0.25, -0.2) is 9.78 Å². The molecule has 0 aliphatic carbocycles. The van der Waals surface area contributed by atoms with Crippen molar-refractivity contribution in [3.8, 4) is 5.75 Å². The summed E-state index contributed by atoms with van der Waals surface area (Å²) in [5, 5.41) is 0. The Balaban J connectivity index is 3.42. The van der Waals surface area contributed by atoms with E-state index in [0.29, 0.717) is 0 Å². The fourth-order valence-electron chi connectivity index (χ4n) is 1.24. The lowest BCUT2D eigenvalue weighted by Gasteiger charge is -2.17. The third kappa shape index (κ3) is 4.89. The Morgan fingerprint density at radius 3 is 2.29 bits per heavy atom. The highest BCUT2D eigenvalue weighted by Gasteiger charge is 2.42. The molecule has 0 aliphatic rings. The van der Waals surface area contributed by atoms with Gasteiger partial charge < -0.3 is 9.47 Å². The highest BCUT2D eigenvalue weighted by molar-refractivity contribution is 14.1. The molecule has 0 spiro atoms. The maximum atomic E-state index is 12.8. The summed E-state index contributed by atoms with van der Waals surface area (Å²) in [7, 11) is 0. The van der Waals surface area contributed by atoms with Crippen molar-refractivity contribution < 1.29 is 40.6 Å². The zero-order valence-electron chi connectivity index (χ0n) is 10.1. The predicted molar refractivity (Wildman–Crippen MR) is 64.6 cm³/mol. The number of hydrogen-bond donors (Lipinski definition) is 0. The lowest BCUT2D eigenvalue weighted by molar-refractivity contribution is -0.276. The first-order chi connectivity index (χ1) is 9.45. The maximum Gasteiger partial charge on any atom is 0.573 e. The molecule has 0 atom stereocenters. The molecular weight excluding hydrogens is 423 g/mol. The van der Waals surface area contributed by atoms with Gasteiger partial charge in [0.05, 0.1) is 6.61 Å². The van der Waals surface area contributed by atoms with Crippen LogP contribution in [0, 0.1) is 3.70 Å². The molecule has 4 nitrogen and oxygen atoms in total. The lowest BCUT2D eigenvalue weighted by Crippen LogP contribution is -2.22. The van der Waals surface area contributed by atoms with E-state index in [1.54, 1.807) is 0 Å². The van der Waals surface area contributed by atoms with Gasteiger partial charge in [-0.1, -0.05) is 0 Å². The molecule has 1 rings (SSSR count). The van der Waals surface area contributed by atoms with Gasteiger partial charge >= 0.3 is 18.5 Å². The number of alkyl halides is 6. The number of halogens is 7. The Labute approximate surface area is 127 Å². The van der Waals surface area contributed by atoms with E-state index in [1.165, 1.54) is 6.92 Å². The van der Waals surface area contributed by atoms with Crippen LogP contribution in [0.3, 0.4) is 0 Å². The molecule has 1 heterocycles. The van der Waals surface area contributed by atoms with Crippen molar-refractivity contribution in [2.24, 2.45) is 0 Å². The highest BCUT2D eigenvalue weighted by Crippen LogP contribution is 2.40. The molecule has 0 saturated heterocycles. The van der Waals surface area contributed by atoms with E-state index >= 15 is 0 Å². The molecule has 11 heteroatoms. The van der Waals surface area contributed by atoms with Crippen molar-refractivity contribution in [3.05, 3.63) is 21.0 Å². The third-order valence-electron chi connectivity index (χ3n) is 1.94. The molecule has 1 aromatic heterocycles. The quantitative estimate of drug-likeness (QED) is 0.318. The van der Waals surface area contributed by atoms with Gasteiger partial charge in [-0.05, 0) is 35.6 Å². The molecule has 0 N–H and O–H groups in total. The largest absolute Gasteiger partial charge is 0.573 e. The monoisotopic (exact) mass is 429 g/mol. The molecule has 0 radical (unpaired) electrons. The average molecular weight is 429 g/mol. The van der Waals surface area contributed by atoms with Crippen LogP contribution in [0.15, 0.2) is 6.07 Å². The normalized spacial score (nSPS) is 12.2. The first-order valence-electron chi connectivity index (χ1n) is 5.16. The summed E-state index contributed by atoms with van der Waals surface area (Å²) in [5.74, 6) is -2.69. The van der Waals surface area contributed by atoms with Gasteiger partial charge in [-0.15, -0.1) is 13.2 Å². The molecule has 0 unspecified atom stereocenters. The third-order valence-corrected chi connectivity index (χ3v) is 2.67. The van der Waals surface area contributed by atoms with Crippen LogP contribution >= 0.6 is 22.6 Å². The molecule has 1 aromatic rings. The van der Waals surface area contributed by atoms with E-state index in [-0.39, 0.29) is 12.7 Å². The molecule has 0 bridgehead atoms. The minimum Gasteiger partial charge on any atom is -0.461 e. The number of aromatic nitrogens is 1. The molecule has 0 fully saturated rings. The van der Waals surface area contributed by atoms with Crippen molar-refractivity contribution in [2.75, 3.05) is 6.61 Å². The standard InChI is InChI=1S/C10H6F6INO3/c1-2-20-8(19)5-3-4(9(11,12)13)6(7(17)18-5)21-10(14,15)16/h3H,2H2,1H3. The highest BCUT2D eigenvalue weighted by atomic mass is 127. The van der Waals surface area contributed by atoms with Crippen LogP contribution < -0.4 is 4.74 Å². The Hall–Kier alpha value is -1.27. The predicted octanol–water partition coefficient (Wildman–Crippen LogP) is 3.78. The number of ether oxygens (including phenoxy) is 2. The summed E-state index contributed by atoms with van der Waals surface area (Å²) < 4.78 is 81.9. The first kappa shape index (κ1) is 17.8. The fourth-order valence-corrected chi connectivity index (χ4v) is 1.90. The summed E-state index contributed by atoms with van der Waals surface area (Å²) in [6, 6.07) is 0.154. The minimum atomic E-state index is -5.33. The van der Waals surface area contributed by atoms with Crippen LogP contribution in [0.2, 0.25) is 0 Å². The molecule has 0 aliphatic heterocycles. The summed E-state index contributed by atoms with van der Waals surface area (Å²) >= 11 is 1.11. The van der Waals surface area contributed by atoms with Gasteiger partial charge in [0.2, 0.25) is 0 Å². The number of carbonyl (C=O) groups excluding carboxylic acids is 1. The van der Waals surface area contributed by atoms with Gasteiger partial charge in [0.25, 0.3) is 0 Å². The zero-order chi connectivity index (χ0) is 16.4. The Morgan fingerprint density at radius 2 is 1.86 bits per heavy atom. The van der Waals surface area contributed by atoms with Gasteiger partial charge in [0.1, 0.15) is 9.26 Å². The molecular formula is C10H6F6INO3. The Bertz CT molecular complexity index is 543. The van der Waals surface area contributed by atoms with Crippen LogP contribution in [-0.2, 0) is 10.9 Å². The van der Waals surface area contributed by atoms with Crippen LogP contribution in [-0.4, -0.2) is 23.9 Å². The van der Waals surface area contributed by atoms with Crippen molar-refractivity contribution in [3.63, 3.8) is 0 Å². The van der Waals surface area contributed by atoms with E-state index < -0.39 is 39.2 Å². The van der Waals surface area contributed by atoms with E-state index in [1.807, 2.05) is 0 Å². The topological polar surface area (TPSA) is 48.4 Å². The van der Waals surface area contributed by atoms with Crippen molar-refractivity contribution in [1.82, 2.24) is 4.98 Å².